The number of carbonyl (C=O) groups excluding carboxylic acids is 3. The topological polar surface area (TPSA) is 70.2 Å². The van der Waals surface area contributed by atoms with Crippen LogP contribution in [0.2, 0.25) is 0 Å². The van der Waals surface area contributed by atoms with Gasteiger partial charge in [0.25, 0.3) is 0 Å². The fourth-order valence-corrected chi connectivity index (χ4v) is 3.59. The van der Waals surface area contributed by atoms with E-state index in [2.05, 4.69) is 6.08 Å². The highest BCUT2D eigenvalue weighted by Gasteiger charge is 2.44. The molecule has 0 N–H and O–H groups in total. The molecule has 0 bridgehead atoms. The molecular weight excluding hydrogens is 358 g/mol. The van der Waals surface area contributed by atoms with Gasteiger partial charge in [-0.1, -0.05) is 23.8 Å². The van der Waals surface area contributed by atoms with Crippen LogP contribution in [0.5, 0.6) is 5.75 Å². The summed E-state index contributed by atoms with van der Waals surface area (Å²) in [6, 6.07) is 7.06. The number of nitrogens with zero attached hydrogens (tertiary/aromatic N) is 3. The van der Waals surface area contributed by atoms with Crippen molar-refractivity contribution in [2.45, 2.75) is 38.6 Å². The van der Waals surface area contributed by atoms with Gasteiger partial charge in [-0.3, -0.25) is 19.4 Å². The van der Waals surface area contributed by atoms with Crippen LogP contribution in [0.3, 0.4) is 0 Å². The van der Waals surface area contributed by atoms with E-state index < -0.39 is 17.8 Å². The quantitative estimate of drug-likeness (QED) is 0.391. The van der Waals surface area contributed by atoms with Gasteiger partial charge >= 0.3 is 17.8 Å². The zero-order valence-electron chi connectivity index (χ0n) is 16.5. The lowest BCUT2D eigenvalue weighted by atomic mass is 9.97. The molecule has 0 spiro atoms. The average molecular weight is 385 g/mol. The lowest BCUT2D eigenvalue weighted by molar-refractivity contribution is -0.143. The highest BCUT2D eigenvalue weighted by molar-refractivity contribution is 6.44. The van der Waals surface area contributed by atoms with Gasteiger partial charge in [0.05, 0.1) is 13.8 Å². The van der Waals surface area contributed by atoms with Crippen molar-refractivity contribution in [3.05, 3.63) is 41.5 Å². The van der Waals surface area contributed by atoms with Gasteiger partial charge in [0.1, 0.15) is 5.75 Å². The third-order valence-corrected chi connectivity index (χ3v) is 5.17. The van der Waals surface area contributed by atoms with Gasteiger partial charge in [0, 0.05) is 13.1 Å². The number of hydrogen-bond acceptors (Lipinski definition) is 5. The standard InChI is InChI=1S/C21H27N3O4/c1-22(14-17-8-10-18(28-2)11-9-17)15-24-20(26)19(25)23(21(24)27)13-12-16-6-4-3-5-7-16/h6,8-11H,3-5,7,12-15H2,1-2H3. The predicted octanol–water partition coefficient (Wildman–Crippen LogP) is 2.77. The molecule has 1 saturated heterocycles. The second-order valence-electron chi connectivity index (χ2n) is 7.33. The van der Waals surface area contributed by atoms with Crippen molar-refractivity contribution in [3.8, 4) is 5.75 Å². The van der Waals surface area contributed by atoms with E-state index in [1.54, 1.807) is 7.11 Å². The number of imide groups is 2. The SMILES string of the molecule is COc1ccc(CN(C)CN2C(=O)C(=O)N(CCC3=CCCCC3)C2=O)cc1. The molecule has 150 valence electrons. The van der Waals surface area contributed by atoms with Crippen LogP contribution in [-0.2, 0) is 16.1 Å². The third kappa shape index (κ3) is 4.59. The Morgan fingerprint density at radius 2 is 1.75 bits per heavy atom. The Morgan fingerprint density at radius 1 is 1.04 bits per heavy atom. The summed E-state index contributed by atoms with van der Waals surface area (Å²) >= 11 is 0. The van der Waals surface area contributed by atoms with Crippen molar-refractivity contribution in [2.24, 2.45) is 0 Å². The Labute approximate surface area is 165 Å². The number of rotatable bonds is 8. The summed E-state index contributed by atoms with van der Waals surface area (Å²) in [5.41, 5.74) is 2.30. The summed E-state index contributed by atoms with van der Waals surface area (Å²) in [5.74, 6) is -0.700. The van der Waals surface area contributed by atoms with E-state index in [1.807, 2.05) is 36.2 Å². The first-order chi connectivity index (χ1) is 13.5. The second kappa shape index (κ2) is 9.01. The zero-order chi connectivity index (χ0) is 20.1. The molecule has 1 heterocycles. The molecule has 1 aromatic rings. The molecule has 0 aromatic heterocycles. The molecule has 1 aliphatic carbocycles. The number of amides is 4. The molecule has 0 unspecified atom stereocenters. The van der Waals surface area contributed by atoms with E-state index in [0.29, 0.717) is 13.0 Å². The maximum Gasteiger partial charge on any atom is 0.335 e. The molecule has 1 aromatic carbocycles. The lowest BCUT2D eigenvalue weighted by Gasteiger charge is -2.23. The number of methoxy groups -OCH3 is 1. The monoisotopic (exact) mass is 385 g/mol. The van der Waals surface area contributed by atoms with Crippen LogP contribution >= 0.6 is 0 Å². The molecule has 7 nitrogen and oxygen atoms in total. The van der Waals surface area contributed by atoms with Crippen molar-refractivity contribution < 1.29 is 19.1 Å². The normalized spacial score (nSPS) is 17.5. The fourth-order valence-electron chi connectivity index (χ4n) is 3.59. The Bertz CT molecular complexity index is 772. The number of allylic oxidation sites excluding steroid dienone is 1. The number of carbonyl (C=O) groups is 3. The van der Waals surface area contributed by atoms with E-state index in [-0.39, 0.29) is 13.2 Å². The van der Waals surface area contributed by atoms with Crippen LogP contribution in [0.25, 0.3) is 0 Å². The van der Waals surface area contributed by atoms with E-state index in [9.17, 15) is 14.4 Å². The molecule has 28 heavy (non-hydrogen) atoms. The minimum absolute atomic E-state index is 0.0780. The third-order valence-electron chi connectivity index (χ3n) is 5.17. The highest BCUT2D eigenvalue weighted by Crippen LogP contribution is 2.22. The van der Waals surface area contributed by atoms with Crippen LogP contribution in [-0.4, -0.2) is 59.9 Å². The van der Waals surface area contributed by atoms with E-state index >= 15 is 0 Å². The first-order valence-electron chi connectivity index (χ1n) is 9.66. The Morgan fingerprint density at radius 3 is 2.39 bits per heavy atom. The summed E-state index contributed by atoms with van der Waals surface area (Å²) < 4.78 is 5.14. The number of ether oxygens (including phenoxy) is 1. The molecule has 0 radical (unpaired) electrons. The molecule has 7 heteroatoms. The number of hydrogen-bond donors (Lipinski definition) is 0. The van der Waals surface area contributed by atoms with E-state index in [1.165, 1.54) is 12.0 Å². The summed E-state index contributed by atoms with van der Waals surface area (Å²) in [6.45, 7) is 0.894. The van der Waals surface area contributed by atoms with Gasteiger partial charge in [-0.15, -0.1) is 0 Å². The molecule has 1 aliphatic heterocycles. The molecule has 3 rings (SSSR count). The van der Waals surface area contributed by atoms with Gasteiger partial charge in [-0.05, 0) is 56.8 Å². The van der Waals surface area contributed by atoms with Crippen molar-refractivity contribution in [3.63, 3.8) is 0 Å². The minimum atomic E-state index is -0.746. The average Bonchev–Trinajstić information content (AvgIpc) is 2.91. The van der Waals surface area contributed by atoms with Crippen LogP contribution < -0.4 is 4.74 Å². The van der Waals surface area contributed by atoms with E-state index in [0.717, 1.165) is 40.4 Å². The molecular formula is C21H27N3O4. The molecule has 4 amide bonds. The number of urea groups is 1. The van der Waals surface area contributed by atoms with Crippen LogP contribution in [0.15, 0.2) is 35.9 Å². The first kappa shape index (κ1) is 20.1. The van der Waals surface area contributed by atoms with Gasteiger partial charge in [-0.25, -0.2) is 9.69 Å². The highest BCUT2D eigenvalue weighted by atomic mass is 16.5. The zero-order valence-corrected chi connectivity index (χ0v) is 16.5. The van der Waals surface area contributed by atoms with Gasteiger partial charge in [-0.2, -0.15) is 0 Å². The largest absolute Gasteiger partial charge is 0.497 e. The summed E-state index contributed by atoms with van der Waals surface area (Å²) in [7, 11) is 3.42. The van der Waals surface area contributed by atoms with Gasteiger partial charge in [0.15, 0.2) is 0 Å². The molecule has 1 fully saturated rings. The van der Waals surface area contributed by atoms with Crippen molar-refractivity contribution in [1.82, 2.24) is 14.7 Å². The Hall–Kier alpha value is -2.67. The summed E-state index contributed by atoms with van der Waals surface area (Å²) in [5, 5.41) is 0. The maximum atomic E-state index is 12.6. The van der Waals surface area contributed by atoms with Crippen molar-refractivity contribution in [1.29, 1.82) is 0 Å². The Kier molecular flexibility index (Phi) is 6.46. The van der Waals surface area contributed by atoms with Crippen molar-refractivity contribution >= 4 is 17.8 Å². The maximum absolute atomic E-state index is 12.6. The smallest absolute Gasteiger partial charge is 0.335 e. The fraction of sp³-hybridized carbons (Fsp3) is 0.476. The molecule has 2 aliphatic rings. The predicted molar refractivity (Wildman–Crippen MR) is 104 cm³/mol. The van der Waals surface area contributed by atoms with Crippen LogP contribution in [0, 0.1) is 0 Å². The summed E-state index contributed by atoms with van der Waals surface area (Å²) in [6.07, 6.45) is 7.25. The molecule has 0 saturated carbocycles. The van der Waals surface area contributed by atoms with Gasteiger partial charge < -0.3 is 4.74 Å². The van der Waals surface area contributed by atoms with Crippen LogP contribution in [0.4, 0.5) is 4.79 Å². The first-order valence-corrected chi connectivity index (χ1v) is 9.66. The summed E-state index contributed by atoms with van der Waals surface area (Å²) in [4.78, 5) is 41.1. The van der Waals surface area contributed by atoms with E-state index in [4.69, 9.17) is 4.74 Å². The second-order valence-corrected chi connectivity index (χ2v) is 7.33. The number of benzene rings is 1. The van der Waals surface area contributed by atoms with Crippen LogP contribution in [0.1, 0.15) is 37.7 Å². The molecule has 0 atom stereocenters. The van der Waals surface area contributed by atoms with Gasteiger partial charge in [0.2, 0.25) is 0 Å². The Balaban J connectivity index is 1.56. The lowest BCUT2D eigenvalue weighted by Crippen LogP contribution is -2.40. The van der Waals surface area contributed by atoms with Crippen molar-refractivity contribution in [2.75, 3.05) is 27.4 Å². The minimum Gasteiger partial charge on any atom is -0.497 e.